The Balaban J connectivity index is 0.00000120. The van der Waals surface area contributed by atoms with Gasteiger partial charge in [-0.05, 0) is 31.0 Å². The fraction of sp³-hybridized carbons (Fsp3) is 0.571. The number of rotatable bonds is 1. The van der Waals surface area contributed by atoms with E-state index in [0.29, 0.717) is 11.8 Å². The van der Waals surface area contributed by atoms with Gasteiger partial charge in [-0.15, -0.1) is 12.4 Å². The van der Waals surface area contributed by atoms with E-state index >= 15 is 0 Å². The molecule has 100 valence electrons. The van der Waals surface area contributed by atoms with Crippen molar-refractivity contribution in [3.63, 3.8) is 0 Å². The fourth-order valence-electron chi connectivity index (χ4n) is 3.22. The van der Waals surface area contributed by atoms with Gasteiger partial charge in [-0.2, -0.15) is 0 Å². The van der Waals surface area contributed by atoms with E-state index in [-0.39, 0.29) is 18.5 Å². The van der Waals surface area contributed by atoms with Gasteiger partial charge in [0.1, 0.15) is 11.9 Å². The van der Waals surface area contributed by atoms with E-state index in [1.54, 1.807) is 6.07 Å². The third-order valence-electron chi connectivity index (χ3n) is 4.07. The summed E-state index contributed by atoms with van der Waals surface area (Å²) in [5.41, 5.74) is 2.28. The van der Waals surface area contributed by atoms with E-state index in [0.717, 1.165) is 38.1 Å². The van der Waals surface area contributed by atoms with Crippen LogP contribution >= 0.6 is 12.4 Å². The third-order valence-corrected chi connectivity index (χ3v) is 4.07. The predicted octanol–water partition coefficient (Wildman–Crippen LogP) is 2.52. The molecule has 3 rings (SSSR count). The summed E-state index contributed by atoms with van der Waals surface area (Å²) in [6.45, 7) is 5.04. The molecule has 2 aliphatic rings. The minimum Gasteiger partial charge on any atom is -0.508 e. The van der Waals surface area contributed by atoms with Crippen LogP contribution in [0.4, 0.5) is 0 Å². The lowest BCUT2D eigenvalue weighted by Crippen LogP contribution is -2.48. The molecule has 2 atom stereocenters. The van der Waals surface area contributed by atoms with Crippen molar-refractivity contribution < 1.29 is 9.84 Å². The lowest BCUT2D eigenvalue weighted by Gasteiger charge is -2.44. The Hall–Kier alpha value is -0.770. The molecule has 1 aromatic rings. The number of nitrogens with zero attached hydrogens (tertiary/aromatic N) is 1. The van der Waals surface area contributed by atoms with Crippen LogP contribution in [0.2, 0.25) is 0 Å². The number of phenolic OH excluding ortho intramolecular Hbond substituents is 1. The van der Waals surface area contributed by atoms with Gasteiger partial charge in [-0.3, -0.25) is 4.90 Å². The summed E-state index contributed by atoms with van der Waals surface area (Å²) in [6.07, 6.45) is 2.24. The molecule has 0 amide bonds. The summed E-state index contributed by atoms with van der Waals surface area (Å²) in [4.78, 5) is 2.48. The number of likely N-dealkylation sites (N-methyl/N-ethyl adjacent to an activating group) is 1. The maximum Gasteiger partial charge on any atom is 0.121 e. The number of hydrogen-bond acceptors (Lipinski definition) is 3. The van der Waals surface area contributed by atoms with Crippen LogP contribution < -0.4 is 0 Å². The Morgan fingerprint density at radius 2 is 2.28 bits per heavy atom. The van der Waals surface area contributed by atoms with Crippen molar-refractivity contribution in [3.05, 3.63) is 29.3 Å². The van der Waals surface area contributed by atoms with Gasteiger partial charge in [0.05, 0.1) is 6.61 Å². The van der Waals surface area contributed by atoms with Crippen LogP contribution in [0, 0.1) is 0 Å². The first-order valence-electron chi connectivity index (χ1n) is 6.47. The summed E-state index contributed by atoms with van der Waals surface area (Å²) in [5.74, 6) is 0.398. The second-order valence-corrected chi connectivity index (χ2v) is 4.88. The zero-order chi connectivity index (χ0) is 11.8. The quantitative estimate of drug-likeness (QED) is 0.850. The van der Waals surface area contributed by atoms with Gasteiger partial charge in [0.2, 0.25) is 0 Å². The molecule has 0 unspecified atom stereocenters. The first kappa shape index (κ1) is 13.7. The van der Waals surface area contributed by atoms with Crippen LogP contribution in [-0.2, 0) is 11.2 Å². The first-order chi connectivity index (χ1) is 8.31. The van der Waals surface area contributed by atoms with Crippen LogP contribution in [0.1, 0.15) is 30.6 Å². The predicted molar refractivity (Wildman–Crippen MR) is 73.4 cm³/mol. The van der Waals surface area contributed by atoms with E-state index < -0.39 is 0 Å². The summed E-state index contributed by atoms with van der Waals surface area (Å²) in [5, 5.41) is 10.1. The van der Waals surface area contributed by atoms with Crippen molar-refractivity contribution in [2.45, 2.75) is 31.9 Å². The molecule has 18 heavy (non-hydrogen) atoms. The summed E-state index contributed by atoms with van der Waals surface area (Å²) >= 11 is 0. The number of ether oxygens (including phenoxy) is 1. The Morgan fingerprint density at radius 1 is 1.44 bits per heavy atom. The molecule has 0 aromatic heterocycles. The molecule has 0 radical (unpaired) electrons. The summed E-state index contributed by atoms with van der Waals surface area (Å²) in [6, 6.07) is 6.25. The van der Waals surface area contributed by atoms with Crippen LogP contribution in [0.25, 0.3) is 0 Å². The second kappa shape index (κ2) is 5.47. The zero-order valence-corrected chi connectivity index (χ0v) is 11.4. The molecule has 0 bridgehead atoms. The molecule has 3 nitrogen and oxygen atoms in total. The normalized spacial score (nSPS) is 26.9. The minimum atomic E-state index is 0. The monoisotopic (exact) mass is 269 g/mol. The highest BCUT2D eigenvalue weighted by Gasteiger charge is 2.37. The van der Waals surface area contributed by atoms with Crippen LogP contribution in [0.15, 0.2) is 18.2 Å². The Bertz CT molecular complexity index is 424. The van der Waals surface area contributed by atoms with E-state index in [1.165, 1.54) is 5.56 Å². The smallest absolute Gasteiger partial charge is 0.121 e. The van der Waals surface area contributed by atoms with Gasteiger partial charge < -0.3 is 9.84 Å². The number of phenols is 1. The molecular formula is C14H20ClNO2. The maximum absolute atomic E-state index is 10.1. The number of fused-ring (bicyclic) bond motifs is 3. The van der Waals surface area contributed by atoms with Crippen molar-refractivity contribution in [2.75, 3.05) is 19.7 Å². The second-order valence-electron chi connectivity index (χ2n) is 4.88. The standard InChI is InChI=1S/C14H19NO2.ClH/c1-2-15-8-9-17-14-11(15)7-6-10-4-3-5-12(16)13(10)14;/h3-5,11,14,16H,2,6-9H2,1H3;1H/t11-,14+;/m1./s1. The van der Waals surface area contributed by atoms with Crippen molar-refractivity contribution in [1.82, 2.24) is 4.90 Å². The van der Waals surface area contributed by atoms with Crippen LogP contribution in [0.5, 0.6) is 5.75 Å². The van der Waals surface area contributed by atoms with Gasteiger partial charge in [0.25, 0.3) is 0 Å². The SMILES string of the molecule is CCN1CCO[C@@H]2c3c(O)cccc3CC[C@H]21.Cl. The van der Waals surface area contributed by atoms with E-state index in [4.69, 9.17) is 4.74 Å². The number of morpholine rings is 1. The van der Waals surface area contributed by atoms with Gasteiger partial charge in [-0.1, -0.05) is 19.1 Å². The molecule has 0 spiro atoms. The van der Waals surface area contributed by atoms with Crippen LogP contribution in [0.3, 0.4) is 0 Å². The van der Waals surface area contributed by atoms with Crippen molar-refractivity contribution >= 4 is 12.4 Å². The Morgan fingerprint density at radius 3 is 3.06 bits per heavy atom. The molecular weight excluding hydrogens is 250 g/mol. The molecule has 1 N–H and O–H groups in total. The van der Waals surface area contributed by atoms with Gasteiger partial charge in [0, 0.05) is 18.2 Å². The van der Waals surface area contributed by atoms with E-state index in [1.807, 2.05) is 6.07 Å². The number of aryl methyl sites for hydroxylation is 1. The average molecular weight is 270 g/mol. The topological polar surface area (TPSA) is 32.7 Å². The molecule has 1 heterocycles. The third kappa shape index (κ3) is 2.11. The number of aromatic hydroxyl groups is 1. The highest BCUT2D eigenvalue weighted by molar-refractivity contribution is 5.85. The number of benzene rings is 1. The highest BCUT2D eigenvalue weighted by Crippen LogP contribution is 2.41. The lowest BCUT2D eigenvalue weighted by atomic mass is 9.83. The van der Waals surface area contributed by atoms with Gasteiger partial charge >= 0.3 is 0 Å². The molecule has 1 fully saturated rings. The van der Waals surface area contributed by atoms with Crippen molar-refractivity contribution in [2.24, 2.45) is 0 Å². The van der Waals surface area contributed by atoms with Crippen molar-refractivity contribution in [3.8, 4) is 5.75 Å². The molecule has 4 heteroatoms. The first-order valence-corrected chi connectivity index (χ1v) is 6.47. The largest absolute Gasteiger partial charge is 0.508 e. The zero-order valence-electron chi connectivity index (χ0n) is 10.6. The van der Waals surface area contributed by atoms with E-state index in [2.05, 4.69) is 17.9 Å². The summed E-state index contributed by atoms with van der Waals surface area (Å²) < 4.78 is 5.92. The molecule has 1 aliphatic carbocycles. The Labute approximate surface area is 114 Å². The molecule has 1 saturated heterocycles. The lowest BCUT2D eigenvalue weighted by molar-refractivity contribution is -0.0792. The molecule has 0 saturated carbocycles. The van der Waals surface area contributed by atoms with Crippen LogP contribution in [-0.4, -0.2) is 35.7 Å². The van der Waals surface area contributed by atoms with Crippen molar-refractivity contribution in [1.29, 1.82) is 0 Å². The molecule has 1 aliphatic heterocycles. The highest BCUT2D eigenvalue weighted by atomic mass is 35.5. The summed E-state index contributed by atoms with van der Waals surface area (Å²) in [7, 11) is 0. The average Bonchev–Trinajstić information content (AvgIpc) is 2.37. The Kier molecular flexibility index (Phi) is 4.15. The fourth-order valence-corrected chi connectivity index (χ4v) is 3.22. The van der Waals surface area contributed by atoms with Gasteiger partial charge in [-0.25, -0.2) is 0 Å². The number of hydrogen-bond donors (Lipinski definition) is 1. The maximum atomic E-state index is 10.1. The minimum absolute atomic E-state index is 0. The molecule has 1 aromatic carbocycles. The van der Waals surface area contributed by atoms with E-state index in [9.17, 15) is 5.11 Å². The van der Waals surface area contributed by atoms with Gasteiger partial charge in [0.15, 0.2) is 0 Å². The number of halogens is 1.